The zero-order valence-corrected chi connectivity index (χ0v) is 20.9. The van der Waals surface area contributed by atoms with Gasteiger partial charge in [0.15, 0.2) is 17.2 Å². The number of carbonyl (C=O) groups excluding carboxylic acids is 2. The SMILES string of the molecule is Cc1ccc(-c2cc(C(=O)Nc3ccc(Oc4ccnc(NC(=O)C5CC5)c4)c(F)c3)nc3ccnn23)cc1. The molecule has 3 aromatic heterocycles. The summed E-state index contributed by atoms with van der Waals surface area (Å²) in [5.41, 5.74) is 3.61. The number of ether oxygens (including phenoxy) is 1. The van der Waals surface area contributed by atoms with Crippen molar-refractivity contribution in [3.05, 3.63) is 96.2 Å². The summed E-state index contributed by atoms with van der Waals surface area (Å²) in [4.78, 5) is 33.6. The Hall–Kier alpha value is -5.12. The molecular weight excluding hydrogens is 499 g/mol. The molecule has 194 valence electrons. The number of aryl methyl sites for hydroxylation is 1. The summed E-state index contributed by atoms with van der Waals surface area (Å²) in [7, 11) is 0. The zero-order chi connectivity index (χ0) is 26.9. The molecule has 2 aromatic carbocycles. The molecule has 0 unspecified atom stereocenters. The molecule has 0 atom stereocenters. The van der Waals surface area contributed by atoms with Crippen molar-refractivity contribution in [3.8, 4) is 22.8 Å². The molecule has 5 aromatic rings. The van der Waals surface area contributed by atoms with E-state index in [1.165, 1.54) is 30.5 Å². The normalized spacial score (nSPS) is 12.8. The fraction of sp³-hybridized carbons (Fsp3) is 0.138. The monoisotopic (exact) mass is 522 g/mol. The van der Waals surface area contributed by atoms with Gasteiger partial charge >= 0.3 is 0 Å². The van der Waals surface area contributed by atoms with Gasteiger partial charge in [-0.25, -0.2) is 18.9 Å². The number of halogens is 1. The van der Waals surface area contributed by atoms with E-state index in [1.807, 2.05) is 31.2 Å². The fourth-order valence-electron chi connectivity index (χ4n) is 4.06. The van der Waals surface area contributed by atoms with Crippen LogP contribution in [0.4, 0.5) is 15.9 Å². The van der Waals surface area contributed by atoms with Gasteiger partial charge in [-0.1, -0.05) is 29.8 Å². The van der Waals surface area contributed by atoms with E-state index in [2.05, 4.69) is 25.7 Å². The maximum Gasteiger partial charge on any atom is 0.274 e. The molecule has 2 N–H and O–H groups in total. The van der Waals surface area contributed by atoms with E-state index < -0.39 is 11.7 Å². The van der Waals surface area contributed by atoms with E-state index in [1.54, 1.807) is 28.9 Å². The minimum Gasteiger partial charge on any atom is -0.454 e. The highest BCUT2D eigenvalue weighted by molar-refractivity contribution is 6.03. The largest absolute Gasteiger partial charge is 0.454 e. The Labute approximate surface area is 222 Å². The standard InChI is InChI=1S/C29H23FN6O3/c1-17-2-4-18(5-3-17)24-16-23(34-27-11-13-32-36(24)27)29(38)33-20-8-9-25(22(30)14-20)39-21-10-12-31-26(15-21)35-28(37)19-6-7-19/h2-5,8-16,19H,6-7H2,1H3,(H,33,38)(H,31,35,37). The van der Waals surface area contributed by atoms with E-state index in [-0.39, 0.29) is 29.0 Å². The van der Waals surface area contributed by atoms with E-state index in [0.717, 1.165) is 24.0 Å². The van der Waals surface area contributed by atoms with Crippen LogP contribution in [0.5, 0.6) is 11.5 Å². The highest BCUT2D eigenvalue weighted by atomic mass is 19.1. The Kier molecular flexibility index (Phi) is 6.20. The zero-order valence-electron chi connectivity index (χ0n) is 20.9. The van der Waals surface area contributed by atoms with Crippen LogP contribution in [-0.4, -0.2) is 31.4 Å². The number of nitrogens with one attached hydrogen (secondary N) is 2. The second-order valence-electron chi connectivity index (χ2n) is 9.34. The Balaban J connectivity index is 1.19. The van der Waals surface area contributed by atoms with Crippen LogP contribution in [0.2, 0.25) is 0 Å². The average Bonchev–Trinajstić information content (AvgIpc) is 3.68. The molecule has 1 aliphatic rings. The first kappa shape index (κ1) is 24.2. The van der Waals surface area contributed by atoms with Crippen LogP contribution >= 0.6 is 0 Å². The van der Waals surface area contributed by atoms with Crippen molar-refractivity contribution in [3.63, 3.8) is 0 Å². The van der Waals surface area contributed by atoms with E-state index in [4.69, 9.17) is 4.74 Å². The number of aromatic nitrogens is 4. The first-order valence-corrected chi connectivity index (χ1v) is 12.4. The maximum absolute atomic E-state index is 14.9. The van der Waals surface area contributed by atoms with Gasteiger partial charge in [0.2, 0.25) is 5.91 Å². The summed E-state index contributed by atoms with van der Waals surface area (Å²) in [5, 5.41) is 9.75. The molecule has 3 heterocycles. The van der Waals surface area contributed by atoms with E-state index >= 15 is 0 Å². The first-order valence-electron chi connectivity index (χ1n) is 12.4. The van der Waals surface area contributed by atoms with Gasteiger partial charge in [-0.2, -0.15) is 5.10 Å². The fourth-order valence-corrected chi connectivity index (χ4v) is 4.06. The first-order chi connectivity index (χ1) is 18.9. The van der Waals surface area contributed by atoms with Gasteiger partial charge in [-0.15, -0.1) is 0 Å². The highest BCUT2D eigenvalue weighted by Gasteiger charge is 2.29. The summed E-state index contributed by atoms with van der Waals surface area (Å²) in [6, 6.07) is 18.4. The van der Waals surface area contributed by atoms with Crippen LogP contribution in [0.25, 0.3) is 16.9 Å². The number of nitrogens with zero attached hydrogens (tertiary/aromatic N) is 4. The van der Waals surface area contributed by atoms with Gasteiger partial charge in [0.25, 0.3) is 5.91 Å². The van der Waals surface area contributed by atoms with Crippen molar-refractivity contribution in [1.29, 1.82) is 0 Å². The van der Waals surface area contributed by atoms with Crippen LogP contribution in [0.3, 0.4) is 0 Å². The molecule has 2 amide bonds. The molecule has 0 bridgehead atoms. The summed E-state index contributed by atoms with van der Waals surface area (Å²) in [5.74, 6) is -0.617. The quantitative estimate of drug-likeness (QED) is 0.287. The summed E-state index contributed by atoms with van der Waals surface area (Å²) < 4.78 is 22.2. The molecule has 0 saturated heterocycles. The number of amides is 2. The summed E-state index contributed by atoms with van der Waals surface area (Å²) in [6.45, 7) is 2.00. The molecular formula is C29H23FN6O3. The van der Waals surface area contributed by atoms with Gasteiger partial charge in [0, 0.05) is 41.6 Å². The number of hydrogen-bond donors (Lipinski definition) is 2. The lowest BCUT2D eigenvalue weighted by molar-refractivity contribution is -0.117. The lowest BCUT2D eigenvalue weighted by Gasteiger charge is -2.11. The molecule has 1 saturated carbocycles. The highest BCUT2D eigenvalue weighted by Crippen LogP contribution is 2.31. The molecule has 0 spiro atoms. The number of hydrogen-bond acceptors (Lipinski definition) is 6. The lowest BCUT2D eigenvalue weighted by atomic mass is 10.1. The summed E-state index contributed by atoms with van der Waals surface area (Å²) >= 11 is 0. The van der Waals surface area contributed by atoms with Crippen molar-refractivity contribution < 1.29 is 18.7 Å². The van der Waals surface area contributed by atoms with Crippen molar-refractivity contribution in [1.82, 2.24) is 19.6 Å². The van der Waals surface area contributed by atoms with Crippen molar-refractivity contribution in [2.75, 3.05) is 10.6 Å². The summed E-state index contributed by atoms with van der Waals surface area (Å²) in [6.07, 6.45) is 4.83. The second kappa shape index (κ2) is 9.97. The van der Waals surface area contributed by atoms with Gasteiger partial charge in [0.05, 0.1) is 11.9 Å². The van der Waals surface area contributed by atoms with Crippen LogP contribution in [-0.2, 0) is 4.79 Å². The predicted molar refractivity (Wildman–Crippen MR) is 143 cm³/mol. The molecule has 0 radical (unpaired) electrons. The van der Waals surface area contributed by atoms with Crippen LogP contribution in [0, 0.1) is 18.7 Å². The number of carbonyl (C=O) groups is 2. The third-order valence-corrected chi connectivity index (χ3v) is 6.29. The minimum absolute atomic E-state index is 0.0305. The molecule has 1 aliphatic carbocycles. The third kappa shape index (κ3) is 5.30. The number of rotatable bonds is 7. The van der Waals surface area contributed by atoms with Gasteiger partial charge in [0.1, 0.15) is 17.3 Å². The second-order valence-corrected chi connectivity index (χ2v) is 9.34. The molecule has 1 fully saturated rings. The van der Waals surface area contributed by atoms with Crippen molar-refractivity contribution in [2.45, 2.75) is 19.8 Å². The number of anilines is 2. The third-order valence-electron chi connectivity index (χ3n) is 6.29. The number of benzene rings is 2. The lowest BCUT2D eigenvalue weighted by Crippen LogP contribution is -2.15. The van der Waals surface area contributed by atoms with Crippen LogP contribution < -0.4 is 15.4 Å². The van der Waals surface area contributed by atoms with Crippen LogP contribution in [0.1, 0.15) is 28.9 Å². The van der Waals surface area contributed by atoms with Crippen LogP contribution in [0.15, 0.2) is 79.1 Å². The Morgan fingerprint density at radius 1 is 0.974 bits per heavy atom. The van der Waals surface area contributed by atoms with E-state index in [0.29, 0.717) is 22.9 Å². The topological polar surface area (TPSA) is 111 Å². The molecule has 6 rings (SSSR count). The van der Waals surface area contributed by atoms with E-state index in [9.17, 15) is 14.0 Å². The van der Waals surface area contributed by atoms with Crippen molar-refractivity contribution >= 4 is 29.0 Å². The smallest absolute Gasteiger partial charge is 0.274 e. The molecule has 0 aliphatic heterocycles. The van der Waals surface area contributed by atoms with Crippen molar-refractivity contribution in [2.24, 2.45) is 5.92 Å². The molecule has 9 nitrogen and oxygen atoms in total. The van der Waals surface area contributed by atoms with Gasteiger partial charge in [-0.3, -0.25) is 9.59 Å². The minimum atomic E-state index is -0.673. The predicted octanol–water partition coefficient (Wildman–Crippen LogP) is 5.63. The number of fused-ring (bicyclic) bond motifs is 1. The van der Waals surface area contributed by atoms with Gasteiger partial charge < -0.3 is 15.4 Å². The Morgan fingerprint density at radius 3 is 2.56 bits per heavy atom. The Morgan fingerprint density at radius 2 is 1.79 bits per heavy atom. The number of pyridine rings is 1. The Bertz CT molecular complexity index is 1710. The molecule has 39 heavy (non-hydrogen) atoms. The maximum atomic E-state index is 14.9. The molecule has 10 heteroatoms. The average molecular weight is 523 g/mol. The van der Waals surface area contributed by atoms with Gasteiger partial charge in [-0.05, 0) is 44.0 Å².